The highest BCUT2D eigenvalue weighted by molar-refractivity contribution is 5.91. The average molecular weight is 357 g/mol. The molecule has 1 saturated heterocycles. The molecule has 1 aromatic carbocycles. The zero-order valence-electron chi connectivity index (χ0n) is 13.0. The second-order valence-electron chi connectivity index (χ2n) is 5.28. The van der Waals surface area contributed by atoms with Gasteiger partial charge in [0.05, 0.1) is 13.2 Å². The predicted molar refractivity (Wildman–Crippen MR) is 87.0 cm³/mol. The van der Waals surface area contributed by atoms with E-state index in [0.29, 0.717) is 24.7 Å². The van der Waals surface area contributed by atoms with E-state index in [0.717, 1.165) is 6.54 Å². The molecule has 2 N–H and O–H groups in total. The van der Waals surface area contributed by atoms with Crippen LogP contribution in [0.2, 0.25) is 0 Å². The fourth-order valence-electron chi connectivity index (χ4n) is 2.39. The van der Waals surface area contributed by atoms with Crippen LogP contribution in [0, 0.1) is 12.7 Å². The van der Waals surface area contributed by atoms with Crippen molar-refractivity contribution >= 4 is 24.0 Å². The van der Waals surface area contributed by atoms with Crippen molar-refractivity contribution in [2.24, 2.45) is 0 Å². The molecule has 1 fully saturated rings. The number of ether oxygens (including phenoxy) is 1. The molecule has 0 aliphatic carbocycles. The minimum atomic E-state index is -0.472. The van der Waals surface area contributed by atoms with E-state index in [9.17, 15) is 9.18 Å². The lowest BCUT2D eigenvalue weighted by atomic mass is 10.2. The first-order valence-corrected chi connectivity index (χ1v) is 7.29. The number of nitrogens with one attached hydrogen (secondary N) is 2. The zero-order valence-corrected chi connectivity index (χ0v) is 13.8. The summed E-state index contributed by atoms with van der Waals surface area (Å²) in [6.07, 6.45) is 0.288. The largest absolute Gasteiger partial charge is 0.378 e. The van der Waals surface area contributed by atoms with E-state index in [4.69, 9.17) is 4.74 Å². The third kappa shape index (κ3) is 4.25. The number of rotatable bonds is 4. The normalized spacial score (nSPS) is 17.2. The Morgan fingerprint density at radius 2 is 2.38 bits per heavy atom. The van der Waals surface area contributed by atoms with Gasteiger partial charge in [0.2, 0.25) is 5.91 Å². The molecule has 2 heterocycles. The molecule has 1 atom stereocenters. The van der Waals surface area contributed by atoms with Gasteiger partial charge in [0.25, 0.3) is 0 Å². The predicted octanol–water partition coefficient (Wildman–Crippen LogP) is 0.849. The summed E-state index contributed by atoms with van der Waals surface area (Å²) in [5, 5.41) is 16.9. The van der Waals surface area contributed by atoms with Gasteiger partial charge in [0, 0.05) is 24.7 Å². The van der Waals surface area contributed by atoms with E-state index < -0.39 is 5.82 Å². The first-order chi connectivity index (χ1) is 11.1. The maximum absolute atomic E-state index is 14.0. The minimum absolute atomic E-state index is 0. The number of amides is 1. The Labute approximate surface area is 144 Å². The van der Waals surface area contributed by atoms with Gasteiger partial charge in [-0.3, -0.25) is 4.79 Å². The Morgan fingerprint density at radius 3 is 3.04 bits per heavy atom. The smallest absolute Gasteiger partial charge is 0.226 e. The number of hydrogen-bond acceptors (Lipinski definition) is 6. The number of hydrogen-bond donors (Lipinski definition) is 2. The van der Waals surface area contributed by atoms with Gasteiger partial charge < -0.3 is 15.4 Å². The van der Waals surface area contributed by atoms with Gasteiger partial charge in [-0.2, -0.15) is 4.68 Å². The van der Waals surface area contributed by atoms with E-state index in [-0.39, 0.29) is 36.5 Å². The van der Waals surface area contributed by atoms with E-state index in [2.05, 4.69) is 26.2 Å². The summed E-state index contributed by atoms with van der Waals surface area (Å²) >= 11 is 0. The second kappa shape index (κ2) is 8.13. The number of morpholine rings is 1. The molecule has 130 valence electrons. The van der Waals surface area contributed by atoms with E-state index in [1.165, 1.54) is 22.9 Å². The van der Waals surface area contributed by atoms with Crippen LogP contribution in [0.3, 0.4) is 0 Å². The molecule has 24 heavy (non-hydrogen) atoms. The molecule has 1 unspecified atom stereocenters. The van der Waals surface area contributed by atoms with Crippen molar-refractivity contribution in [1.82, 2.24) is 25.5 Å². The molecule has 3 rings (SSSR count). The standard InChI is InChI=1S/C14H17FN6O2.ClH/c1-9-18-19-20-21(9)13-6-10(2-3-12(13)15)17-14(22)7-11-8-23-5-4-16-11;/h2-3,6,11,16H,4-5,7-8H2,1H3,(H,17,22);1H. The summed E-state index contributed by atoms with van der Waals surface area (Å²) in [4.78, 5) is 12.1. The molecular formula is C14H18ClFN6O2. The lowest BCUT2D eigenvalue weighted by molar-refractivity contribution is -0.117. The Bertz CT molecular complexity index is 704. The van der Waals surface area contributed by atoms with Crippen LogP contribution in [0.25, 0.3) is 5.69 Å². The fraction of sp³-hybridized carbons (Fsp3) is 0.429. The zero-order chi connectivity index (χ0) is 16.2. The molecule has 2 aromatic rings. The molecule has 1 aliphatic rings. The number of halogens is 2. The molecule has 8 nitrogen and oxygen atoms in total. The molecule has 1 aromatic heterocycles. The summed E-state index contributed by atoms with van der Waals surface area (Å²) in [7, 11) is 0. The Hall–Kier alpha value is -2.10. The van der Waals surface area contributed by atoms with Gasteiger partial charge in [0.15, 0.2) is 5.82 Å². The van der Waals surface area contributed by atoms with Crippen LogP contribution >= 0.6 is 12.4 Å². The average Bonchev–Trinajstić information content (AvgIpc) is 2.96. The Kier molecular flexibility index (Phi) is 6.18. The molecular weight excluding hydrogens is 339 g/mol. The van der Waals surface area contributed by atoms with Crippen molar-refractivity contribution in [2.45, 2.75) is 19.4 Å². The van der Waals surface area contributed by atoms with Crippen molar-refractivity contribution in [3.63, 3.8) is 0 Å². The Balaban J connectivity index is 0.00000208. The number of anilines is 1. The van der Waals surface area contributed by atoms with Crippen LogP contribution in [0.4, 0.5) is 10.1 Å². The van der Waals surface area contributed by atoms with Gasteiger partial charge in [-0.05, 0) is 35.5 Å². The summed E-state index contributed by atoms with van der Waals surface area (Å²) < 4.78 is 20.6. The third-order valence-electron chi connectivity index (χ3n) is 3.51. The lowest BCUT2D eigenvalue weighted by Crippen LogP contribution is -2.43. The van der Waals surface area contributed by atoms with Crippen molar-refractivity contribution < 1.29 is 13.9 Å². The highest BCUT2D eigenvalue weighted by Gasteiger charge is 2.17. The van der Waals surface area contributed by atoms with Crippen LogP contribution < -0.4 is 10.6 Å². The van der Waals surface area contributed by atoms with Crippen molar-refractivity contribution in [2.75, 3.05) is 25.1 Å². The van der Waals surface area contributed by atoms with Gasteiger partial charge in [-0.25, -0.2) is 4.39 Å². The first-order valence-electron chi connectivity index (χ1n) is 7.29. The highest BCUT2D eigenvalue weighted by atomic mass is 35.5. The maximum Gasteiger partial charge on any atom is 0.226 e. The number of benzene rings is 1. The number of carbonyl (C=O) groups excluding carboxylic acids is 1. The highest BCUT2D eigenvalue weighted by Crippen LogP contribution is 2.19. The minimum Gasteiger partial charge on any atom is -0.378 e. The summed E-state index contributed by atoms with van der Waals surface area (Å²) in [5.41, 5.74) is 0.669. The van der Waals surface area contributed by atoms with Crippen LogP contribution in [0.1, 0.15) is 12.2 Å². The van der Waals surface area contributed by atoms with Crippen LogP contribution in [-0.2, 0) is 9.53 Å². The molecule has 10 heteroatoms. The number of nitrogens with zero attached hydrogens (tertiary/aromatic N) is 4. The van der Waals surface area contributed by atoms with Gasteiger partial charge in [-0.15, -0.1) is 17.5 Å². The fourth-order valence-corrected chi connectivity index (χ4v) is 2.39. The molecule has 1 aliphatic heterocycles. The van der Waals surface area contributed by atoms with Gasteiger partial charge in [-0.1, -0.05) is 0 Å². The SMILES string of the molecule is Cc1nnnn1-c1cc(NC(=O)CC2COCCN2)ccc1F.Cl. The number of aromatic nitrogens is 4. The molecule has 1 amide bonds. The summed E-state index contributed by atoms with van der Waals surface area (Å²) in [6.45, 7) is 3.56. The van der Waals surface area contributed by atoms with Gasteiger partial charge >= 0.3 is 0 Å². The Morgan fingerprint density at radius 1 is 1.54 bits per heavy atom. The van der Waals surface area contributed by atoms with Crippen LogP contribution in [0.15, 0.2) is 18.2 Å². The van der Waals surface area contributed by atoms with E-state index in [1.54, 1.807) is 6.92 Å². The van der Waals surface area contributed by atoms with Crippen LogP contribution in [-0.4, -0.2) is 51.9 Å². The van der Waals surface area contributed by atoms with Crippen molar-refractivity contribution in [1.29, 1.82) is 0 Å². The van der Waals surface area contributed by atoms with Crippen molar-refractivity contribution in [3.05, 3.63) is 29.8 Å². The van der Waals surface area contributed by atoms with Crippen molar-refractivity contribution in [3.8, 4) is 5.69 Å². The van der Waals surface area contributed by atoms with Gasteiger partial charge in [0.1, 0.15) is 11.5 Å². The molecule has 0 radical (unpaired) electrons. The topological polar surface area (TPSA) is 94.0 Å². The maximum atomic E-state index is 14.0. The van der Waals surface area contributed by atoms with E-state index >= 15 is 0 Å². The monoisotopic (exact) mass is 356 g/mol. The first kappa shape index (κ1) is 18.2. The lowest BCUT2D eigenvalue weighted by Gasteiger charge is -2.23. The molecule has 0 saturated carbocycles. The van der Waals surface area contributed by atoms with E-state index in [1.807, 2.05) is 0 Å². The second-order valence-corrected chi connectivity index (χ2v) is 5.28. The third-order valence-corrected chi connectivity index (χ3v) is 3.51. The molecule has 0 spiro atoms. The number of carbonyl (C=O) groups is 1. The summed E-state index contributed by atoms with van der Waals surface area (Å²) in [6, 6.07) is 4.27. The molecule has 0 bridgehead atoms. The number of tetrazole rings is 1. The summed E-state index contributed by atoms with van der Waals surface area (Å²) in [5.74, 6) is -0.185. The van der Waals surface area contributed by atoms with Crippen LogP contribution in [0.5, 0.6) is 0 Å². The quantitative estimate of drug-likeness (QED) is 0.843. The number of aryl methyl sites for hydroxylation is 1.